The van der Waals surface area contributed by atoms with Crippen LogP contribution in [0.4, 0.5) is 0 Å². The number of benzene rings is 1. The van der Waals surface area contributed by atoms with Gasteiger partial charge in [0.15, 0.2) is 0 Å². The Morgan fingerprint density at radius 3 is 2.44 bits per heavy atom. The number of alkyl halides is 1. The molecule has 0 amide bonds. The lowest BCUT2D eigenvalue weighted by Gasteiger charge is -2.38. The van der Waals surface area contributed by atoms with E-state index in [0.717, 1.165) is 17.9 Å². The van der Waals surface area contributed by atoms with Crippen molar-refractivity contribution in [1.29, 1.82) is 0 Å². The summed E-state index contributed by atoms with van der Waals surface area (Å²) in [5, 5.41) is 0.962. The van der Waals surface area contributed by atoms with Crippen LogP contribution >= 0.6 is 15.9 Å². The predicted molar refractivity (Wildman–Crippen MR) is 80.0 cm³/mol. The van der Waals surface area contributed by atoms with Crippen molar-refractivity contribution in [2.24, 2.45) is 5.92 Å². The summed E-state index contributed by atoms with van der Waals surface area (Å²) in [6, 6.07) is 10.5. The Labute approximate surface area is 119 Å². The standard InChI is InChI=1S/C16H23BrO/c1-2-14-8-10-16(13-17,11-9-14)18-12-15-6-4-3-5-7-15/h3-7,14H,2,8-13H2,1H3. The minimum atomic E-state index is 0.0709. The fourth-order valence-corrected chi connectivity index (χ4v) is 3.46. The first-order valence-corrected chi connectivity index (χ1v) is 8.14. The number of ether oxygens (including phenoxy) is 1. The highest BCUT2D eigenvalue weighted by Gasteiger charge is 2.34. The Morgan fingerprint density at radius 2 is 1.89 bits per heavy atom. The van der Waals surface area contributed by atoms with Crippen LogP contribution < -0.4 is 0 Å². The summed E-state index contributed by atoms with van der Waals surface area (Å²) in [5.41, 5.74) is 1.34. The van der Waals surface area contributed by atoms with Gasteiger partial charge in [0.2, 0.25) is 0 Å². The molecule has 2 heteroatoms. The van der Waals surface area contributed by atoms with Gasteiger partial charge < -0.3 is 4.74 Å². The molecule has 1 aromatic rings. The summed E-state index contributed by atoms with van der Waals surface area (Å²) in [6.45, 7) is 3.04. The lowest BCUT2D eigenvalue weighted by atomic mass is 9.78. The smallest absolute Gasteiger partial charge is 0.0783 e. The van der Waals surface area contributed by atoms with Crippen molar-refractivity contribution >= 4 is 15.9 Å². The van der Waals surface area contributed by atoms with E-state index in [2.05, 4.69) is 53.2 Å². The molecule has 0 saturated heterocycles. The van der Waals surface area contributed by atoms with Gasteiger partial charge in [0.25, 0.3) is 0 Å². The molecule has 1 aliphatic carbocycles. The molecule has 0 N–H and O–H groups in total. The highest BCUT2D eigenvalue weighted by atomic mass is 79.9. The first-order chi connectivity index (χ1) is 8.78. The largest absolute Gasteiger partial charge is 0.369 e. The molecule has 0 bridgehead atoms. The molecule has 1 fully saturated rings. The topological polar surface area (TPSA) is 9.23 Å². The monoisotopic (exact) mass is 310 g/mol. The van der Waals surface area contributed by atoms with Crippen molar-refractivity contribution < 1.29 is 4.74 Å². The molecular formula is C16H23BrO. The SMILES string of the molecule is CCC1CCC(CBr)(OCc2ccccc2)CC1. The van der Waals surface area contributed by atoms with Gasteiger partial charge in [0, 0.05) is 5.33 Å². The molecule has 0 radical (unpaired) electrons. The maximum Gasteiger partial charge on any atom is 0.0783 e. The molecular weight excluding hydrogens is 288 g/mol. The van der Waals surface area contributed by atoms with Gasteiger partial charge in [-0.05, 0) is 37.2 Å². The third kappa shape index (κ3) is 3.58. The normalized spacial score (nSPS) is 28.2. The summed E-state index contributed by atoms with van der Waals surface area (Å²) in [4.78, 5) is 0. The van der Waals surface area contributed by atoms with Crippen LogP contribution in [0.25, 0.3) is 0 Å². The zero-order chi connectivity index (χ0) is 12.8. The molecule has 0 unspecified atom stereocenters. The van der Waals surface area contributed by atoms with Gasteiger partial charge in [-0.15, -0.1) is 0 Å². The molecule has 18 heavy (non-hydrogen) atoms. The van der Waals surface area contributed by atoms with Crippen molar-refractivity contribution in [2.45, 2.75) is 51.2 Å². The number of hydrogen-bond acceptors (Lipinski definition) is 1. The molecule has 0 aliphatic heterocycles. The van der Waals surface area contributed by atoms with Gasteiger partial charge >= 0.3 is 0 Å². The Kier molecular flexibility index (Phi) is 5.25. The van der Waals surface area contributed by atoms with Crippen LogP contribution in [-0.2, 0) is 11.3 Å². The van der Waals surface area contributed by atoms with E-state index in [1.54, 1.807) is 0 Å². The van der Waals surface area contributed by atoms with Gasteiger partial charge in [-0.3, -0.25) is 0 Å². The van der Waals surface area contributed by atoms with Crippen LogP contribution in [-0.4, -0.2) is 10.9 Å². The van der Waals surface area contributed by atoms with Crippen molar-refractivity contribution in [3.8, 4) is 0 Å². The predicted octanol–water partition coefficient (Wildman–Crippen LogP) is 4.94. The molecule has 1 aliphatic rings. The Balaban J connectivity index is 1.89. The van der Waals surface area contributed by atoms with E-state index in [4.69, 9.17) is 4.74 Å². The Hall–Kier alpha value is -0.340. The van der Waals surface area contributed by atoms with Crippen LogP contribution in [0.15, 0.2) is 30.3 Å². The summed E-state index contributed by atoms with van der Waals surface area (Å²) < 4.78 is 6.25. The van der Waals surface area contributed by atoms with Gasteiger partial charge in [-0.2, -0.15) is 0 Å². The lowest BCUT2D eigenvalue weighted by Crippen LogP contribution is -2.38. The summed E-state index contributed by atoms with van der Waals surface area (Å²) in [6.07, 6.45) is 6.35. The highest BCUT2D eigenvalue weighted by molar-refractivity contribution is 9.09. The van der Waals surface area contributed by atoms with Crippen LogP contribution in [0, 0.1) is 5.92 Å². The van der Waals surface area contributed by atoms with E-state index >= 15 is 0 Å². The fraction of sp³-hybridized carbons (Fsp3) is 0.625. The summed E-state index contributed by atoms with van der Waals surface area (Å²) in [5.74, 6) is 0.914. The third-order valence-electron chi connectivity index (χ3n) is 4.23. The number of hydrogen-bond donors (Lipinski definition) is 0. The molecule has 0 atom stereocenters. The third-order valence-corrected chi connectivity index (χ3v) is 5.25. The van der Waals surface area contributed by atoms with Gasteiger partial charge in [0.05, 0.1) is 12.2 Å². The van der Waals surface area contributed by atoms with Gasteiger partial charge in [0.1, 0.15) is 0 Å². The second-order valence-electron chi connectivity index (χ2n) is 5.44. The zero-order valence-corrected chi connectivity index (χ0v) is 12.8. The molecule has 100 valence electrons. The van der Waals surface area contributed by atoms with Crippen molar-refractivity contribution in [3.63, 3.8) is 0 Å². The van der Waals surface area contributed by atoms with Crippen molar-refractivity contribution in [1.82, 2.24) is 0 Å². The Morgan fingerprint density at radius 1 is 1.22 bits per heavy atom. The number of rotatable bonds is 5. The highest BCUT2D eigenvalue weighted by Crippen LogP contribution is 2.38. The van der Waals surface area contributed by atoms with Crippen LogP contribution in [0.2, 0.25) is 0 Å². The maximum absolute atomic E-state index is 6.25. The first kappa shape index (κ1) is 14.1. The molecule has 0 spiro atoms. The van der Waals surface area contributed by atoms with Crippen molar-refractivity contribution in [3.05, 3.63) is 35.9 Å². The van der Waals surface area contributed by atoms with Gasteiger partial charge in [-0.25, -0.2) is 0 Å². The number of halogens is 1. The minimum Gasteiger partial charge on any atom is -0.369 e. The molecule has 1 saturated carbocycles. The maximum atomic E-state index is 6.25. The minimum absolute atomic E-state index is 0.0709. The average Bonchev–Trinajstić information content (AvgIpc) is 2.47. The Bertz CT molecular complexity index is 341. The molecule has 2 rings (SSSR count). The molecule has 1 nitrogen and oxygen atoms in total. The molecule has 0 aromatic heterocycles. The van der Waals surface area contributed by atoms with Crippen molar-refractivity contribution in [2.75, 3.05) is 5.33 Å². The average molecular weight is 311 g/mol. The molecule has 1 aromatic carbocycles. The van der Waals surface area contributed by atoms with Gasteiger partial charge in [-0.1, -0.05) is 59.6 Å². The van der Waals surface area contributed by atoms with E-state index in [-0.39, 0.29) is 5.60 Å². The van der Waals surface area contributed by atoms with E-state index in [1.165, 1.54) is 37.7 Å². The van der Waals surface area contributed by atoms with E-state index < -0.39 is 0 Å². The second-order valence-corrected chi connectivity index (χ2v) is 6.00. The molecule has 0 heterocycles. The zero-order valence-electron chi connectivity index (χ0n) is 11.2. The van der Waals surface area contributed by atoms with Crippen LogP contribution in [0.3, 0.4) is 0 Å². The second kappa shape index (κ2) is 6.72. The fourth-order valence-electron chi connectivity index (χ4n) is 2.74. The van der Waals surface area contributed by atoms with Crippen LogP contribution in [0.1, 0.15) is 44.6 Å². The van der Waals surface area contributed by atoms with E-state index in [9.17, 15) is 0 Å². The van der Waals surface area contributed by atoms with E-state index in [0.29, 0.717) is 0 Å². The van der Waals surface area contributed by atoms with Crippen LogP contribution in [0.5, 0.6) is 0 Å². The summed E-state index contributed by atoms with van der Waals surface area (Å²) in [7, 11) is 0. The summed E-state index contributed by atoms with van der Waals surface area (Å²) >= 11 is 3.66. The first-order valence-electron chi connectivity index (χ1n) is 7.02. The van der Waals surface area contributed by atoms with E-state index in [1.807, 2.05) is 0 Å². The lowest BCUT2D eigenvalue weighted by molar-refractivity contribution is -0.0702. The quantitative estimate of drug-likeness (QED) is 0.700.